The first-order chi connectivity index (χ1) is 9.15. The van der Waals surface area contributed by atoms with Crippen LogP contribution in [0.2, 0.25) is 4.34 Å². The molecule has 0 saturated carbocycles. The van der Waals surface area contributed by atoms with E-state index in [0.717, 1.165) is 4.88 Å². The van der Waals surface area contributed by atoms with Crippen LogP contribution in [0.4, 0.5) is 0 Å². The average Bonchev–Trinajstić information content (AvgIpc) is 3.03. The third-order valence-electron chi connectivity index (χ3n) is 2.58. The van der Waals surface area contributed by atoms with Crippen molar-refractivity contribution in [2.24, 2.45) is 0 Å². The Labute approximate surface area is 119 Å². The van der Waals surface area contributed by atoms with Crippen molar-refractivity contribution in [2.75, 3.05) is 19.7 Å². The Morgan fingerprint density at radius 2 is 2.37 bits per heavy atom. The van der Waals surface area contributed by atoms with E-state index in [4.69, 9.17) is 21.2 Å². The van der Waals surface area contributed by atoms with Gasteiger partial charge in [0.1, 0.15) is 0 Å². The molecule has 0 fully saturated rings. The number of aliphatic hydroxyl groups excluding tert-OH is 1. The van der Waals surface area contributed by atoms with Gasteiger partial charge in [0, 0.05) is 19.2 Å². The molecule has 0 unspecified atom stereocenters. The standard InChI is InChI=1S/C12H13ClN2O3S/c1-2-15(5-6-16)12(17)8-7-9(18-14-8)10-3-4-11(13)19-10/h3-4,7,16H,2,5-6H2,1H3. The van der Waals surface area contributed by atoms with E-state index < -0.39 is 0 Å². The molecule has 19 heavy (non-hydrogen) atoms. The Morgan fingerprint density at radius 3 is 2.95 bits per heavy atom. The fourth-order valence-corrected chi connectivity index (χ4v) is 2.62. The number of halogens is 1. The van der Waals surface area contributed by atoms with Crippen molar-refractivity contribution in [1.82, 2.24) is 10.1 Å². The molecule has 0 aliphatic carbocycles. The van der Waals surface area contributed by atoms with Gasteiger partial charge in [-0.3, -0.25) is 4.79 Å². The summed E-state index contributed by atoms with van der Waals surface area (Å²) in [7, 11) is 0. The maximum Gasteiger partial charge on any atom is 0.276 e. The van der Waals surface area contributed by atoms with Gasteiger partial charge in [-0.15, -0.1) is 11.3 Å². The summed E-state index contributed by atoms with van der Waals surface area (Å²) in [4.78, 5) is 14.4. The first-order valence-electron chi connectivity index (χ1n) is 5.78. The first kappa shape index (κ1) is 14.0. The van der Waals surface area contributed by atoms with E-state index in [2.05, 4.69) is 5.16 Å². The molecule has 2 aromatic rings. The quantitative estimate of drug-likeness (QED) is 0.921. The molecule has 0 aromatic carbocycles. The second kappa shape index (κ2) is 6.18. The maximum atomic E-state index is 12.1. The molecule has 0 atom stereocenters. The lowest BCUT2D eigenvalue weighted by molar-refractivity contribution is 0.0721. The van der Waals surface area contributed by atoms with Crippen molar-refractivity contribution in [1.29, 1.82) is 0 Å². The van der Waals surface area contributed by atoms with Gasteiger partial charge in [-0.2, -0.15) is 0 Å². The van der Waals surface area contributed by atoms with E-state index in [-0.39, 0.29) is 24.8 Å². The topological polar surface area (TPSA) is 66.6 Å². The van der Waals surface area contributed by atoms with Gasteiger partial charge in [0.25, 0.3) is 5.91 Å². The summed E-state index contributed by atoms with van der Waals surface area (Å²) in [5, 5.41) is 12.7. The van der Waals surface area contributed by atoms with E-state index in [1.807, 2.05) is 13.0 Å². The minimum absolute atomic E-state index is 0.0786. The highest BCUT2D eigenvalue weighted by Crippen LogP contribution is 2.31. The number of amides is 1. The molecule has 0 aliphatic rings. The molecule has 0 radical (unpaired) electrons. The van der Waals surface area contributed by atoms with Gasteiger partial charge in [-0.25, -0.2) is 0 Å². The summed E-state index contributed by atoms with van der Waals surface area (Å²) in [5.41, 5.74) is 0.231. The number of aliphatic hydroxyl groups is 1. The Hall–Kier alpha value is -1.37. The van der Waals surface area contributed by atoms with Crippen LogP contribution in [0, 0.1) is 0 Å². The number of aromatic nitrogens is 1. The predicted octanol–water partition coefficient (Wildman–Crippen LogP) is 2.51. The van der Waals surface area contributed by atoms with E-state index in [1.54, 1.807) is 12.1 Å². The number of carbonyl (C=O) groups is 1. The second-order valence-corrected chi connectivity index (χ2v) is 5.50. The number of hydrogen-bond donors (Lipinski definition) is 1. The molecule has 0 bridgehead atoms. The second-order valence-electron chi connectivity index (χ2n) is 3.79. The van der Waals surface area contributed by atoms with Gasteiger partial charge in [0.15, 0.2) is 11.5 Å². The molecule has 7 heteroatoms. The predicted molar refractivity (Wildman–Crippen MR) is 73.5 cm³/mol. The lowest BCUT2D eigenvalue weighted by Gasteiger charge is -2.17. The van der Waals surface area contributed by atoms with Crippen LogP contribution >= 0.6 is 22.9 Å². The van der Waals surface area contributed by atoms with E-state index in [0.29, 0.717) is 16.6 Å². The Morgan fingerprint density at radius 1 is 1.58 bits per heavy atom. The lowest BCUT2D eigenvalue weighted by atomic mass is 10.3. The van der Waals surface area contributed by atoms with Gasteiger partial charge < -0.3 is 14.5 Å². The summed E-state index contributed by atoms with van der Waals surface area (Å²) in [5.74, 6) is 0.259. The number of hydrogen-bond acceptors (Lipinski definition) is 5. The lowest BCUT2D eigenvalue weighted by Crippen LogP contribution is -2.33. The first-order valence-corrected chi connectivity index (χ1v) is 6.97. The monoisotopic (exact) mass is 300 g/mol. The molecular formula is C12H13ClN2O3S. The molecule has 0 spiro atoms. The molecular weight excluding hydrogens is 288 g/mol. The summed E-state index contributed by atoms with van der Waals surface area (Å²) in [6.45, 7) is 2.55. The van der Waals surface area contributed by atoms with Crippen LogP contribution in [0.5, 0.6) is 0 Å². The van der Waals surface area contributed by atoms with Crippen LogP contribution in [0.15, 0.2) is 22.7 Å². The zero-order valence-corrected chi connectivity index (χ0v) is 11.9. The van der Waals surface area contributed by atoms with E-state index >= 15 is 0 Å². The minimum atomic E-state index is -0.255. The fourth-order valence-electron chi connectivity index (χ4n) is 1.62. The fraction of sp³-hybridized carbons (Fsp3) is 0.333. The molecule has 2 aromatic heterocycles. The van der Waals surface area contributed by atoms with Crippen molar-refractivity contribution < 1.29 is 14.4 Å². The molecule has 2 rings (SSSR count). The third kappa shape index (κ3) is 3.15. The van der Waals surface area contributed by atoms with Crippen LogP contribution in [0.3, 0.4) is 0 Å². The number of carbonyl (C=O) groups excluding carboxylic acids is 1. The van der Waals surface area contributed by atoms with Crippen LogP contribution in [-0.4, -0.2) is 40.8 Å². The van der Waals surface area contributed by atoms with Crippen molar-refractivity contribution in [3.63, 3.8) is 0 Å². The minimum Gasteiger partial charge on any atom is -0.395 e. The van der Waals surface area contributed by atoms with Crippen molar-refractivity contribution in [3.05, 3.63) is 28.2 Å². The SMILES string of the molecule is CCN(CCO)C(=O)c1cc(-c2ccc(Cl)s2)on1. The molecule has 0 aliphatic heterocycles. The Kier molecular flexibility index (Phi) is 4.57. The smallest absolute Gasteiger partial charge is 0.276 e. The van der Waals surface area contributed by atoms with Gasteiger partial charge >= 0.3 is 0 Å². The van der Waals surface area contributed by atoms with Crippen molar-refractivity contribution in [3.8, 4) is 10.6 Å². The summed E-state index contributed by atoms with van der Waals surface area (Å²) in [6, 6.07) is 5.16. The van der Waals surface area contributed by atoms with Crippen LogP contribution in [0.1, 0.15) is 17.4 Å². The van der Waals surface area contributed by atoms with E-state index in [1.165, 1.54) is 16.2 Å². The number of nitrogens with zero attached hydrogens (tertiary/aromatic N) is 2. The van der Waals surface area contributed by atoms with Crippen LogP contribution < -0.4 is 0 Å². The maximum absolute atomic E-state index is 12.1. The molecule has 102 valence electrons. The van der Waals surface area contributed by atoms with Gasteiger partial charge in [-0.1, -0.05) is 16.8 Å². The zero-order chi connectivity index (χ0) is 13.8. The number of rotatable bonds is 5. The highest BCUT2D eigenvalue weighted by molar-refractivity contribution is 7.19. The highest BCUT2D eigenvalue weighted by Gasteiger charge is 2.19. The van der Waals surface area contributed by atoms with Crippen LogP contribution in [0.25, 0.3) is 10.6 Å². The van der Waals surface area contributed by atoms with E-state index in [9.17, 15) is 4.79 Å². The van der Waals surface area contributed by atoms with Gasteiger partial charge in [0.2, 0.25) is 0 Å². The molecule has 1 amide bonds. The molecule has 2 heterocycles. The average molecular weight is 301 g/mol. The summed E-state index contributed by atoms with van der Waals surface area (Å²) >= 11 is 7.20. The highest BCUT2D eigenvalue weighted by atomic mass is 35.5. The summed E-state index contributed by atoms with van der Waals surface area (Å²) < 4.78 is 5.80. The Bertz CT molecular complexity index is 567. The Balaban J connectivity index is 2.18. The molecule has 5 nitrogen and oxygen atoms in total. The number of thiophene rings is 1. The molecule has 0 saturated heterocycles. The zero-order valence-electron chi connectivity index (χ0n) is 10.3. The van der Waals surface area contributed by atoms with Crippen LogP contribution in [-0.2, 0) is 0 Å². The normalized spacial score (nSPS) is 10.7. The largest absolute Gasteiger partial charge is 0.395 e. The van der Waals surface area contributed by atoms with Gasteiger partial charge in [0.05, 0.1) is 15.8 Å². The van der Waals surface area contributed by atoms with Gasteiger partial charge in [-0.05, 0) is 19.1 Å². The summed E-state index contributed by atoms with van der Waals surface area (Å²) in [6.07, 6.45) is 0. The molecule has 1 N–H and O–H groups in total. The number of likely N-dealkylation sites (N-methyl/N-ethyl adjacent to an activating group) is 1. The van der Waals surface area contributed by atoms with Crippen molar-refractivity contribution >= 4 is 28.8 Å². The third-order valence-corrected chi connectivity index (χ3v) is 3.83. The van der Waals surface area contributed by atoms with Crippen molar-refractivity contribution in [2.45, 2.75) is 6.92 Å².